The molecule has 420 valence electrons. The minimum Gasteiger partial charge on any atom is -0.481 e. The average molecular weight is 1060 g/mol. The molecular weight excluding hydrogens is 992 g/mol. The molecule has 32 nitrogen and oxygen atoms in total. The summed E-state index contributed by atoms with van der Waals surface area (Å²) in [4.78, 5) is 9.60. The highest BCUT2D eigenvalue weighted by atomic mass is 16.8. The van der Waals surface area contributed by atoms with Crippen molar-refractivity contribution in [2.24, 2.45) is 0 Å². The molecule has 12 bridgehead atoms. The summed E-state index contributed by atoms with van der Waals surface area (Å²) in [7, 11) is 0. The first-order chi connectivity index (χ1) is 34.2. The highest BCUT2D eigenvalue weighted by Gasteiger charge is 2.58. The zero-order valence-corrected chi connectivity index (χ0v) is 38.3. The molecule has 0 radical (unpaired) electrons. The van der Waals surface area contributed by atoms with Gasteiger partial charge in [-0.1, -0.05) is 6.92 Å². The maximum absolute atomic E-state index is 11.2. The first-order valence-corrected chi connectivity index (χ1v) is 23.1. The van der Waals surface area contributed by atoms with Crippen LogP contribution in [0.4, 0.5) is 0 Å². The smallest absolute Gasteiger partial charge is 0.303 e. The lowest BCUT2D eigenvalue weighted by Crippen LogP contribution is -2.69. The Labute approximate surface area is 408 Å². The van der Waals surface area contributed by atoms with E-state index in [0.29, 0.717) is 6.42 Å². The van der Waals surface area contributed by atoms with Gasteiger partial charge in [0, 0.05) is 6.42 Å². The monoisotopic (exact) mass is 1060 g/mol. The molecule has 0 aliphatic carbocycles. The molecule has 0 unspecified atom stereocenters. The lowest BCUT2D eigenvalue weighted by Gasteiger charge is -2.50. The van der Waals surface area contributed by atoms with Gasteiger partial charge in [0.15, 0.2) is 37.7 Å². The van der Waals surface area contributed by atoms with E-state index in [1.807, 2.05) is 6.92 Å². The van der Waals surface area contributed by atoms with Crippen molar-refractivity contribution in [2.75, 3.05) is 39.6 Å². The fourth-order valence-electron chi connectivity index (χ4n) is 9.14. The van der Waals surface area contributed by atoms with Crippen molar-refractivity contribution < 1.29 is 159 Å². The van der Waals surface area contributed by atoms with Gasteiger partial charge in [-0.15, -0.1) is 0 Å². The van der Waals surface area contributed by atoms with E-state index in [-0.39, 0.29) is 0 Å². The Balaban J connectivity index is 0.00000133. The molecule has 0 saturated carbocycles. The lowest BCUT2D eigenvalue weighted by molar-refractivity contribution is -0.404. The number of rotatable bonds is 8. The second kappa shape index (κ2) is 26.1. The first-order valence-electron chi connectivity index (χ1n) is 23.1. The second-order valence-corrected chi connectivity index (χ2v) is 18.0. The van der Waals surface area contributed by atoms with Crippen molar-refractivity contribution >= 4 is 5.97 Å². The maximum atomic E-state index is 11.2. The van der Waals surface area contributed by atoms with Crippen LogP contribution in [0.25, 0.3) is 0 Å². The number of carboxylic acids is 1. The van der Waals surface area contributed by atoms with Crippen LogP contribution in [0.5, 0.6) is 0 Å². The fraction of sp³-hybridized carbons (Fsp3) is 0.975. The quantitative estimate of drug-likeness (QED) is 0.107. The Kier molecular flexibility index (Phi) is 21.6. The molecule has 22 aliphatic rings. The molecule has 22 fully saturated rings. The zero-order chi connectivity index (χ0) is 53.0. The van der Waals surface area contributed by atoms with Crippen LogP contribution in [0.3, 0.4) is 0 Å². The first kappa shape index (κ1) is 59.5. The summed E-state index contributed by atoms with van der Waals surface area (Å²) in [6.45, 7) is -4.15. The van der Waals surface area contributed by atoms with Gasteiger partial charge in [-0.05, 0) is 6.42 Å². The van der Waals surface area contributed by atoms with Crippen molar-refractivity contribution in [3.05, 3.63) is 0 Å². The van der Waals surface area contributed by atoms with Crippen LogP contribution in [0.2, 0.25) is 0 Å². The predicted octanol–water partition coefficient (Wildman–Crippen LogP) is -12.2. The number of carboxylic acid groups (broad SMARTS) is 1. The molecule has 0 aromatic rings. The summed E-state index contributed by atoms with van der Waals surface area (Å²) in [5.74, 6) is -0.711. The standard InChI is InChI=1S/C36H60O30.C4H8O2/c37-1-7-25-13(43)19(49)31(55-7)62-26-8(2-38)57-33(21(51)15(26)45)64-28-10(4-40)59-35(23(53)17(28)47)66-30-12(6-42)60-36(24(54)18(30)48)65-29-11(5-41)58-34(22(52)16(29)46)63-27-9(3-39)56-32(61-25)20(50)14(27)44;1-2-3-4(5)6/h7-54H,1-6H2;2-3H2,1H3,(H,5,6)/t7-,8-,9-,10-,11-,12-,13-,14-,15-,16-,17-,18-,19-,20-,21-,22-,23-,24-,25-,26-,27-,28-,29-,30-,31-,32-,33-,34-,35-,36-;/m1./s1. The third-order valence-corrected chi connectivity index (χ3v) is 13.1. The number of aliphatic hydroxyl groups is 18. The van der Waals surface area contributed by atoms with E-state index in [1.54, 1.807) is 0 Å². The second-order valence-electron chi connectivity index (χ2n) is 18.0. The van der Waals surface area contributed by atoms with Gasteiger partial charge < -0.3 is 154 Å². The van der Waals surface area contributed by atoms with Gasteiger partial charge in [-0.3, -0.25) is 4.79 Å². The summed E-state index contributed by atoms with van der Waals surface area (Å²) < 4.78 is 67.9. The Bertz CT molecular complexity index is 1370. The van der Waals surface area contributed by atoms with Gasteiger partial charge in [0.05, 0.1) is 39.6 Å². The van der Waals surface area contributed by atoms with Crippen LogP contribution in [0.1, 0.15) is 19.8 Å². The zero-order valence-electron chi connectivity index (χ0n) is 38.3. The minimum atomic E-state index is -2.15. The summed E-state index contributed by atoms with van der Waals surface area (Å²) in [6.07, 6.45) is -57.5. The van der Waals surface area contributed by atoms with Crippen LogP contribution in [0.15, 0.2) is 0 Å². The van der Waals surface area contributed by atoms with Crippen LogP contribution in [0, 0.1) is 0 Å². The van der Waals surface area contributed by atoms with Crippen LogP contribution in [-0.2, 0) is 61.6 Å². The molecule has 72 heavy (non-hydrogen) atoms. The van der Waals surface area contributed by atoms with Gasteiger partial charge in [-0.2, -0.15) is 0 Å². The number of hydrogen-bond acceptors (Lipinski definition) is 31. The molecule has 22 aliphatic heterocycles. The third kappa shape index (κ3) is 12.5. The molecule has 30 atom stereocenters. The van der Waals surface area contributed by atoms with Crippen molar-refractivity contribution in [3.8, 4) is 0 Å². The topological polar surface area (TPSA) is 512 Å². The van der Waals surface area contributed by atoms with Crippen molar-refractivity contribution in [3.63, 3.8) is 0 Å². The Morgan fingerprint density at radius 3 is 0.542 bits per heavy atom. The third-order valence-electron chi connectivity index (χ3n) is 13.1. The average Bonchev–Trinajstić information content (AvgIpc) is 3.36. The Hall–Kier alpha value is -1.73. The van der Waals surface area contributed by atoms with E-state index in [0.717, 1.165) is 6.42 Å². The Morgan fingerprint density at radius 1 is 0.292 bits per heavy atom. The van der Waals surface area contributed by atoms with Crippen LogP contribution < -0.4 is 0 Å². The fourth-order valence-corrected chi connectivity index (χ4v) is 9.14. The highest BCUT2D eigenvalue weighted by Crippen LogP contribution is 2.38. The number of ether oxygens (including phenoxy) is 12. The van der Waals surface area contributed by atoms with Gasteiger partial charge in [0.1, 0.15) is 146 Å². The van der Waals surface area contributed by atoms with Crippen molar-refractivity contribution in [2.45, 2.75) is 204 Å². The van der Waals surface area contributed by atoms with Gasteiger partial charge in [0.2, 0.25) is 0 Å². The minimum absolute atomic E-state index is 0.292. The van der Waals surface area contributed by atoms with E-state index >= 15 is 0 Å². The summed E-state index contributed by atoms with van der Waals surface area (Å²) >= 11 is 0. The summed E-state index contributed by atoms with van der Waals surface area (Å²) in [5.41, 5.74) is 0. The molecular formula is C40H68O32. The van der Waals surface area contributed by atoms with Gasteiger partial charge in [0.25, 0.3) is 0 Å². The Morgan fingerprint density at radius 2 is 0.444 bits per heavy atom. The molecule has 22 saturated heterocycles. The summed E-state index contributed by atoms with van der Waals surface area (Å²) in [6, 6.07) is 0. The molecule has 0 aromatic heterocycles. The van der Waals surface area contributed by atoms with E-state index in [1.165, 1.54) is 0 Å². The van der Waals surface area contributed by atoms with E-state index in [4.69, 9.17) is 61.9 Å². The number of carbonyl (C=O) groups is 1. The molecule has 19 N–H and O–H groups in total. The van der Waals surface area contributed by atoms with E-state index in [2.05, 4.69) is 0 Å². The van der Waals surface area contributed by atoms with Gasteiger partial charge in [-0.25, -0.2) is 0 Å². The summed E-state index contributed by atoms with van der Waals surface area (Å²) in [5, 5.41) is 204. The highest BCUT2D eigenvalue weighted by molar-refractivity contribution is 5.66. The van der Waals surface area contributed by atoms with E-state index in [9.17, 15) is 96.7 Å². The molecule has 0 spiro atoms. The number of aliphatic hydroxyl groups excluding tert-OH is 18. The molecule has 0 amide bonds. The van der Waals surface area contributed by atoms with Crippen molar-refractivity contribution in [1.29, 1.82) is 0 Å². The largest absolute Gasteiger partial charge is 0.481 e. The van der Waals surface area contributed by atoms with Gasteiger partial charge >= 0.3 is 5.97 Å². The van der Waals surface area contributed by atoms with Crippen LogP contribution in [-0.4, -0.2) is 327 Å². The van der Waals surface area contributed by atoms with Crippen molar-refractivity contribution in [1.82, 2.24) is 0 Å². The molecule has 32 heteroatoms. The number of hydrogen-bond donors (Lipinski definition) is 19. The number of aliphatic carboxylic acids is 1. The molecule has 22 rings (SSSR count). The van der Waals surface area contributed by atoms with Crippen LogP contribution >= 0.6 is 0 Å². The van der Waals surface area contributed by atoms with E-state index < -0.39 is 230 Å². The SMILES string of the molecule is CCCC(=O)O.OC[C@H]1O[C@@H]2O[C@H]3[C@H](O)[C@@H](O)[C@@H](O[C@H]4[C@H](O)[C@@H](O)[C@@H](O[C@H]5[C@H](O)[C@@H](O)[C@@H](O[C@H]6[C@H](O)[C@@H](O)[C@@H](O[C@H]7[C@H](O)[C@@H](O)[C@@H](O[C@H]1[C@H](O)[C@H]2O)O[C@@H]7CO)O[C@@H]6CO)O[C@@H]5CO)O[C@@H]4CO)O[C@@H]3CO. The molecule has 22 heterocycles. The predicted molar refractivity (Wildman–Crippen MR) is 218 cm³/mol. The normalized spacial score (nSPS) is 51.4. The lowest BCUT2D eigenvalue weighted by atomic mass is 9.94. The molecule has 0 aromatic carbocycles. The maximum Gasteiger partial charge on any atom is 0.303 e.